The highest BCUT2D eigenvalue weighted by Gasteiger charge is 2.51. The van der Waals surface area contributed by atoms with Gasteiger partial charge in [0.1, 0.15) is 0 Å². The first-order chi connectivity index (χ1) is 13.1. The highest BCUT2D eigenvalue weighted by molar-refractivity contribution is 6.39. The van der Waals surface area contributed by atoms with Gasteiger partial charge >= 0.3 is 11.8 Å². The number of anilines is 2. The van der Waals surface area contributed by atoms with Crippen molar-refractivity contribution < 1.29 is 9.59 Å². The Labute approximate surface area is 169 Å². The van der Waals surface area contributed by atoms with Crippen LogP contribution in [0.4, 0.5) is 11.4 Å². The van der Waals surface area contributed by atoms with Gasteiger partial charge in [-0.3, -0.25) is 9.59 Å². The summed E-state index contributed by atoms with van der Waals surface area (Å²) >= 11 is 0. The van der Waals surface area contributed by atoms with Gasteiger partial charge in [0.25, 0.3) is 0 Å². The standard InChI is InChI=1S/C23H35N3O2/c1-7-25(8-2)17-9-10-19(16(3)11-17)24-20(27)21(28)26-15-23(6)13-18(26)12-22(4,5)14-23/h9-11,18H,7-8,12-15H2,1-6H3,(H,24,27). The van der Waals surface area contributed by atoms with Crippen molar-refractivity contribution in [2.45, 2.75) is 66.8 Å². The fraction of sp³-hybridized carbons (Fsp3) is 0.652. The molecule has 1 aromatic rings. The van der Waals surface area contributed by atoms with Gasteiger partial charge in [0.05, 0.1) is 0 Å². The van der Waals surface area contributed by atoms with Gasteiger partial charge in [0.15, 0.2) is 0 Å². The van der Waals surface area contributed by atoms with E-state index in [-0.39, 0.29) is 16.9 Å². The van der Waals surface area contributed by atoms with Gasteiger partial charge in [-0.15, -0.1) is 0 Å². The highest BCUT2D eigenvalue weighted by Crippen LogP contribution is 2.52. The molecule has 2 amide bonds. The Morgan fingerprint density at radius 2 is 1.86 bits per heavy atom. The number of hydrogen-bond acceptors (Lipinski definition) is 3. The normalized spacial score (nSPS) is 25.5. The average molecular weight is 386 g/mol. The second-order valence-electron chi connectivity index (χ2n) is 9.77. The van der Waals surface area contributed by atoms with Gasteiger partial charge < -0.3 is 15.1 Å². The topological polar surface area (TPSA) is 52.7 Å². The number of carbonyl (C=O) groups excluding carboxylic acids is 2. The summed E-state index contributed by atoms with van der Waals surface area (Å²) in [6, 6.07) is 6.16. The fourth-order valence-electron chi connectivity index (χ4n) is 5.58. The number of amides is 2. The Morgan fingerprint density at radius 3 is 2.46 bits per heavy atom. The molecule has 1 N–H and O–H groups in total. The molecule has 1 aliphatic heterocycles. The SMILES string of the molecule is CCN(CC)c1ccc(NC(=O)C(=O)N2CC3(C)CC2CC(C)(C)C3)c(C)c1. The third kappa shape index (κ3) is 4.03. The molecule has 3 rings (SSSR count). The van der Waals surface area contributed by atoms with Crippen molar-refractivity contribution in [1.29, 1.82) is 0 Å². The number of hydrogen-bond donors (Lipinski definition) is 1. The molecule has 2 atom stereocenters. The number of aryl methyl sites for hydroxylation is 1. The number of benzene rings is 1. The first kappa shape index (κ1) is 20.7. The summed E-state index contributed by atoms with van der Waals surface area (Å²) in [7, 11) is 0. The molecule has 0 radical (unpaired) electrons. The van der Waals surface area contributed by atoms with Crippen molar-refractivity contribution in [2.75, 3.05) is 29.9 Å². The van der Waals surface area contributed by atoms with Crippen LogP contribution in [0.2, 0.25) is 0 Å². The lowest BCUT2D eigenvalue weighted by molar-refractivity contribution is -0.144. The number of rotatable bonds is 4. The van der Waals surface area contributed by atoms with Crippen molar-refractivity contribution in [3.63, 3.8) is 0 Å². The zero-order valence-electron chi connectivity index (χ0n) is 18.3. The molecule has 2 bridgehead atoms. The Bertz CT molecular complexity index is 769. The lowest BCUT2D eigenvalue weighted by Crippen LogP contribution is -2.43. The lowest BCUT2D eigenvalue weighted by Gasteiger charge is -2.39. The molecule has 1 saturated carbocycles. The molecule has 0 spiro atoms. The molecule has 2 fully saturated rings. The summed E-state index contributed by atoms with van der Waals surface area (Å²) in [5.74, 6) is -0.911. The molecule has 5 nitrogen and oxygen atoms in total. The first-order valence-electron chi connectivity index (χ1n) is 10.5. The van der Waals surface area contributed by atoms with Crippen molar-refractivity contribution in [2.24, 2.45) is 10.8 Å². The molecule has 2 aliphatic rings. The summed E-state index contributed by atoms with van der Waals surface area (Å²) in [6.07, 6.45) is 3.08. The summed E-state index contributed by atoms with van der Waals surface area (Å²) in [5.41, 5.74) is 3.17. The van der Waals surface area contributed by atoms with Gasteiger partial charge in [-0.2, -0.15) is 0 Å². The van der Waals surface area contributed by atoms with E-state index in [2.05, 4.69) is 50.9 Å². The maximum absolute atomic E-state index is 12.9. The minimum atomic E-state index is -0.521. The van der Waals surface area contributed by atoms with Crippen LogP contribution in [0.3, 0.4) is 0 Å². The summed E-state index contributed by atoms with van der Waals surface area (Å²) in [4.78, 5) is 29.7. The van der Waals surface area contributed by atoms with E-state index in [1.54, 1.807) is 0 Å². The van der Waals surface area contributed by atoms with E-state index in [1.807, 2.05) is 24.0 Å². The van der Waals surface area contributed by atoms with Gasteiger partial charge in [-0.05, 0) is 74.6 Å². The third-order valence-corrected chi connectivity index (χ3v) is 6.46. The van der Waals surface area contributed by atoms with E-state index in [1.165, 1.54) is 0 Å². The molecular weight excluding hydrogens is 350 g/mol. The van der Waals surface area contributed by atoms with Crippen LogP contribution in [-0.2, 0) is 9.59 Å². The van der Waals surface area contributed by atoms with Crippen LogP contribution in [0.15, 0.2) is 18.2 Å². The quantitative estimate of drug-likeness (QED) is 0.790. The van der Waals surface area contributed by atoms with E-state index in [0.717, 1.165) is 43.6 Å². The van der Waals surface area contributed by atoms with E-state index in [9.17, 15) is 9.59 Å². The monoisotopic (exact) mass is 385 g/mol. The molecule has 0 aromatic heterocycles. The van der Waals surface area contributed by atoms with Crippen LogP contribution >= 0.6 is 0 Å². The van der Waals surface area contributed by atoms with Crippen LogP contribution < -0.4 is 10.2 Å². The highest BCUT2D eigenvalue weighted by atomic mass is 16.2. The molecule has 1 heterocycles. The third-order valence-electron chi connectivity index (χ3n) is 6.46. The zero-order valence-corrected chi connectivity index (χ0v) is 18.3. The predicted octanol–water partition coefficient (Wildman–Crippen LogP) is 4.21. The van der Waals surface area contributed by atoms with Crippen molar-refractivity contribution >= 4 is 23.2 Å². The van der Waals surface area contributed by atoms with Gasteiger partial charge in [0.2, 0.25) is 0 Å². The molecule has 1 saturated heterocycles. The predicted molar refractivity (Wildman–Crippen MR) is 115 cm³/mol. The van der Waals surface area contributed by atoms with Crippen LogP contribution in [0.25, 0.3) is 0 Å². The first-order valence-corrected chi connectivity index (χ1v) is 10.5. The van der Waals surface area contributed by atoms with E-state index < -0.39 is 11.8 Å². The molecule has 154 valence electrons. The van der Waals surface area contributed by atoms with Crippen molar-refractivity contribution in [3.8, 4) is 0 Å². The Balaban J connectivity index is 1.71. The van der Waals surface area contributed by atoms with Crippen LogP contribution in [0.1, 0.15) is 59.4 Å². The summed E-state index contributed by atoms with van der Waals surface area (Å²) < 4.78 is 0. The Hall–Kier alpha value is -2.04. The zero-order chi connectivity index (χ0) is 20.7. The maximum atomic E-state index is 12.9. The second-order valence-corrected chi connectivity index (χ2v) is 9.77. The van der Waals surface area contributed by atoms with Crippen LogP contribution in [-0.4, -0.2) is 42.4 Å². The molecule has 2 unspecified atom stereocenters. The Kier molecular flexibility index (Phi) is 5.48. The van der Waals surface area contributed by atoms with Crippen molar-refractivity contribution in [1.82, 2.24) is 4.90 Å². The minimum absolute atomic E-state index is 0.129. The number of likely N-dealkylation sites (tertiary alicyclic amines) is 1. The summed E-state index contributed by atoms with van der Waals surface area (Å²) in [6.45, 7) is 15.6. The van der Waals surface area contributed by atoms with E-state index in [0.29, 0.717) is 12.2 Å². The lowest BCUT2D eigenvalue weighted by atomic mass is 9.65. The molecule has 28 heavy (non-hydrogen) atoms. The number of carbonyl (C=O) groups is 2. The van der Waals surface area contributed by atoms with Gasteiger partial charge in [-0.1, -0.05) is 20.8 Å². The van der Waals surface area contributed by atoms with E-state index in [4.69, 9.17) is 0 Å². The van der Waals surface area contributed by atoms with Crippen LogP contribution in [0, 0.1) is 17.8 Å². The van der Waals surface area contributed by atoms with Crippen molar-refractivity contribution in [3.05, 3.63) is 23.8 Å². The maximum Gasteiger partial charge on any atom is 0.313 e. The van der Waals surface area contributed by atoms with Gasteiger partial charge in [-0.25, -0.2) is 0 Å². The fourth-order valence-corrected chi connectivity index (χ4v) is 5.58. The molecule has 5 heteroatoms. The van der Waals surface area contributed by atoms with Crippen LogP contribution in [0.5, 0.6) is 0 Å². The minimum Gasteiger partial charge on any atom is -0.372 e. The largest absolute Gasteiger partial charge is 0.372 e. The average Bonchev–Trinajstić information content (AvgIpc) is 2.86. The number of nitrogens with one attached hydrogen (secondary N) is 1. The molecular formula is C23H35N3O2. The number of fused-ring (bicyclic) bond motifs is 2. The number of nitrogens with zero attached hydrogens (tertiary/aromatic N) is 2. The molecule has 1 aromatic carbocycles. The smallest absolute Gasteiger partial charge is 0.313 e. The van der Waals surface area contributed by atoms with E-state index >= 15 is 0 Å². The second kappa shape index (κ2) is 7.41. The molecule has 1 aliphatic carbocycles. The summed E-state index contributed by atoms with van der Waals surface area (Å²) in [5, 5.41) is 2.85. The Morgan fingerprint density at radius 1 is 1.18 bits per heavy atom. The van der Waals surface area contributed by atoms with Gasteiger partial charge in [0, 0.05) is 37.1 Å².